The standard InChI is InChI=1S/C12H10F2N2OS/c13-9-2-1-8(7-10(9)14)12(17)16-4-3-11-15-5-6-18-11/h1-2,5-7H,3-4H2,(H,16,17). The van der Waals surface area contributed by atoms with Crippen molar-refractivity contribution in [2.24, 2.45) is 0 Å². The van der Waals surface area contributed by atoms with Gasteiger partial charge in [0.25, 0.3) is 5.91 Å². The molecule has 0 aliphatic carbocycles. The number of carbonyl (C=O) groups excluding carboxylic acids is 1. The summed E-state index contributed by atoms with van der Waals surface area (Å²) in [4.78, 5) is 15.7. The van der Waals surface area contributed by atoms with Gasteiger partial charge >= 0.3 is 0 Å². The Morgan fingerprint density at radius 2 is 2.17 bits per heavy atom. The van der Waals surface area contributed by atoms with E-state index in [1.165, 1.54) is 17.4 Å². The monoisotopic (exact) mass is 268 g/mol. The zero-order valence-corrected chi connectivity index (χ0v) is 10.1. The SMILES string of the molecule is O=C(NCCc1nccs1)c1ccc(F)c(F)c1. The molecule has 0 spiro atoms. The largest absolute Gasteiger partial charge is 0.352 e. The van der Waals surface area contributed by atoms with Gasteiger partial charge in [-0.2, -0.15) is 0 Å². The van der Waals surface area contributed by atoms with E-state index in [1.807, 2.05) is 5.38 Å². The second-order valence-electron chi connectivity index (χ2n) is 3.56. The Balaban J connectivity index is 1.89. The Hall–Kier alpha value is -1.82. The van der Waals surface area contributed by atoms with Gasteiger partial charge in [0.15, 0.2) is 11.6 Å². The Kier molecular flexibility index (Phi) is 3.99. The van der Waals surface area contributed by atoms with E-state index in [0.717, 1.165) is 17.1 Å². The van der Waals surface area contributed by atoms with E-state index >= 15 is 0 Å². The van der Waals surface area contributed by atoms with Crippen molar-refractivity contribution in [3.8, 4) is 0 Å². The normalized spacial score (nSPS) is 10.3. The molecule has 2 aromatic rings. The number of rotatable bonds is 4. The fourth-order valence-corrected chi connectivity index (χ4v) is 2.02. The molecule has 0 atom stereocenters. The van der Waals surface area contributed by atoms with Crippen molar-refractivity contribution in [3.05, 3.63) is 52.0 Å². The Morgan fingerprint density at radius 1 is 1.33 bits per heavy atom. The average molecular weight is 268 g/mol. The highest BCUT2D eigenvalue weighted by molar-refractivity contribution is 7.09. The molecule has 0 aliphatic rings. The van der Waals surface area contributed by atoms with Gasteiger partial charge in [-0.25, -0.2) is 13.8 Å². The van der Waals surface area contributed by atoms with Crippen LogP contribution in [0.1, 0.15) is 15.4 Å². The molecular formula is C12H10F2N2OS. The second-order valence-corrected chi connectivity index (χ2v) is 4.54. The van der Waals surface area contributed by atoms with Gasteiger partial charge in [-0.05, 0) is 18.2 Å². The maximum atomic E-state index is 12.9. The summed E-state index contributed by atoms with van der Waals surface area (Å²) in [5, 5.41) is 5.39. The third-order valence-corrected chi connectivity index (χ3v) is 3.13. The lowest BCUT2D eigenvalue weighted by Gasteiger charge is -2.04. The number of nitrogens with zero attached hydrogens (tertiary/aromatic N) is 1. The molecular weight excluding hydrogens is 258 g/mol. The maximum Gasteiger partial charge on any atom is 0.251 e. The second kappa shape index (κ2) is 5.68. The van der Waals surface area contributed by atoms with Gasteiger partial charge in [0.2, 0.25) is 0 Å². The summed E-state index contributed by atoms with van der Waals surface area (Å²) in [6.45, 7) is 0.408. The van der Waals surface area contributed by atoms with E-state index < -0.39 is 17.5 Å². The first kappa shape index (κ1) is 12.6. The molecule has 0 fully saturated rings. The zero-order chi connectivity index (χ0) is 13.0. The number of nitrogens with one attached hydrogen (secondary N) is 1. The minimum atomic E-state index is -1.03. The van der Waals surface area contributed by atoms with Crippen LogP contribution in [0.3, 0.4) is 0 Å². The van der Waals surface area contributed by atoms with E-state index in [4.69, 9.17) is 0 Å². The summed E-state index contributed by atoms with van der Waals surface area (Å²) in [5.74, 6) is -2.41. The summed E-state index contributed by atoms with van der Waals surface area (Å²) in [6.07, 6.45) is 2.31. The van der Waals surface area contributed by atoms with Crippen molar-refractivity contribution < 1.29 is 13.6 Å². The molecule has 1 N–H and O–H groups in total. The number of amides is 1. The van der Waals surface area contributed by atoms with Gasteiger partial charge in [-0.3, -0.25) is 4.79 Å². The predicted molar refractivity (Wildman–Crippen MR) is 64.5 cm³/mol. The van der Waals surface area contributed by atoms with Gasteiger partial charge in [0.1, 0.15) is 0 Å². The number of hydrogen-bond acceptors (Lipinski definition) is 3. The quantitative estimate of drug-likeness (QED) is 0.925. The molecule has 2 rings (SSSR count). The van der Waals surface area contributed by atoms with Crippen molar-refractivity contribution in [2.75, 3.05) is 6.54 Å². The number of benzene rings is 1. The highest BCUT2D eigenvalue weighted by atomic mass is 32.1. The summed E-state index contributed by atoms with van der Waals surface area (Å²) >= 11 is 1.50. The number of halogens is 2. The minimum absolute atomic E-state index is 0.105. The Bertz CT molecular complexity index is 543. The lowest BCUT2D eigenvalue weighted by molar-refractivity contribution is 0.0953. The number of carbonyl (C=O) groups is 1. The fraction of sp³-hybridized carbons (Fsp3) is 0.167. The molecule has 0 unspecified atom stereocenters. The molecule has 0 bridgehead atoms. The molecule has 18 heavy (non-hydrogen) atoms. The fourth-order valence-electron chi connectivity index (χ4n) is 1.40. The van der Waals surface area contributed by atoms with E-state index in [1.54, 1.807) is 6.20 Å². The first-order valence-electron chi connectivity index (χ1n) is 5.28. The van der Waals surface area contributed by atoms with Crippen LogP contribution in [0.15, 0.2) is 29.8 Å². The summed E-state index contributed by atoms with van der Waals surface area (Å²) in [5.41, 5.74) is 0.105. The molecule has 1 heterocycles. The molecule has 3 nitrogen and oxygen atoms in total. The van der Waals surface area contributed by atoms with E-state index in [0.29, 0.717) is 13.0 Å². The van der Waals surface area contributed by atoms with Crippen LogP contribution >= 0.6 is 11.3 Å². The van der Waals surface area contributed by atoms with Crippen molar-refractivity contribution in [2.45, 2.75) is 6.42 Å². The van der Waals surface area contributed by atoms with Crippen molar-refractivity contribution in [1.29, 1.82) is 0 Å². The van der Waals surface area contributed by atoms with Crippen LogP contribution in [-0.4, -0.2) is 17.4 Å². The van der Waals surface area contributed by atoms with Gasteiger partial charge in [0.05, 0.1) is 5.01 Å². The summed E-state index contributed by atoms with van der Waals surface area (Å²) in [6, 6.07) is 3.07. The Labute approximate surface area is 106 Å². The first-order valence-corrected chi connectivity index (χ1v) is 6.16. The maximum absolute atomic E-state index is 12.9. The van der Waals surface area contributed by atoms with E-state index in [2.05, 4.69) is 10.3 Å². The lowest BCUT2D eigenvalue weighted by Crippen LogP contribution is -2.25. The van der Waals surface area contributed by atoms with Crippen LogP contribution in [0.25, 0.3) is 0 Å². The topological polar surface area (TPSA) is 42.0 Å². The van der Waals surface area contributed by atoms with Crippen LogP contribution in [0.4, 0.5) is 8.78 Å². The van der Waals surface area contributed by atoms with E-state index in [9.17, 15) is 13.6 Å². The van der Waals surface area contributed by atoms with Crippen molar-refractivity contribution >= 4 is 17.2 Å². The average Bonchev–Trinajstić information content (AvgIpc) is 2.85. The number of hydrogen-bond donors (Lipinski definition) is 1. The molecule has 6 heteroatoms. The minimum Gasteiger partial charge on any atom is -0.352 e. The summed E-state index contributed by atoms with van der Waals surface area (Å²) in [7, 11) is 0. The molecule has 0 radical (unpaired) electrons. The van der Waals surface area contributed by atoms with E-state index in [-0.39, 0.29) is 5.56 Å². The molecule has 1 aromatic carbocycles. The molecule has 1 aromatic heterocycles. The van der Waals surface area contributed by atoms with Crippen LogP contribution < -0.4 is 5.32 Å². The summed E-state index contributed by atoms with van der Waals surface area (Å²) < 4.78 is 25.6. The number of aromatic nitrogens is 1. The van der Waals surface area contributed by atoms with Gasteiger partial charge in [-0.15, -0.1) is 11.3 Å². The van der Waals surface area contributed by atoms with Crippen molar-refractivity contribution in [3.63, 3.8) is 0 Å². The van der Waals surface area contributed by atoms with Crippen LogP contribution in [-0.2, 0) is 6.42 Å². The number of thiazole rings is 1. The predicted octanol–water partition coefficient (Wildman–Crippen LogP) is 2.39. The van der Waals surface area contributed by atoms with Gasteiger partial charge < -0.3 is 5.32 Å². The zero-order valence-electron chi connectivity index (χ0n) is 9.32. The molecule has 0 aliphatic heterocycles. The highest BCUT2D eigenvalue weighted by Crippen LogP contribution is 2.08. The molecule has 94 valence electrons. The van der Waals surface area contributed by atoms with Crippen LogP contribution in [0.2, 0.25) is 0 Å². The van der Waals surface area contributed by atoms with Gasteiger partial charge in [-0.1, -0.05) is 0 Å². The molecule has 0 saturated carbocycles. The smallest absolute Gasteiger partial charge is 0.251 e. The first-order chi connectivity index (χ1) is 8.66. The lowest BCUT2D eigenvalue weighted by atomic mass is 10.2. The third kappa shape index (κ3) is 3.10. The van der Waals surface area contributed by atoms with Crippen LogP contribution in [0, 0.1) is 11.6 Å². The highest BCUT2D eigenvalue weighted by Gasteiger charge is 2.09. The van der Waals surface area contributed by atoms with Crippen LogP contribution in [0.5, 0.6) is 0 Å². The molecule has 1 amide bonds. The molecule has 0 saturated heterocycles. The third-order valence-electron chi connectivity index (χ3n) is 2.29. The van der Waals surface area contributed by atoms with Gasteiger partial charge in [0, 0.05) is 30.1 Å². The van der Waals surface area contributed by atoms with Crippen molar-refractivity contribution in [1.82, 2.24) is 10.3 Å². The Morgan fingerprint density at radius 3 is 2.83 bits per heavy atom.